The molecule has 2 aliphatic rings. The van der Waals surface area contributed by atoms with Crippen LogP contribution in [0.3, 0.4) is 0 Å². The zero-order valence-electron chi connectivity index (χ0n) is 10.8. The summed E-state index contributed by atoms with van der Waals surface area (Å²) in [4.78, 5) is -0.00412. The quantitative estimate of drug-likeness (QED) is 0.597. The summed E-state index contributed by atoms with van der Waals surface area (Å²) in [7, 11) is -4.15. The monoisotopic (exact) mass is 260 g/mol. The first-order valence-electron chi connectivity index (χ1n) is 5.02. The Kier molecular flexibility index (Phi) is 4.75. The van der Waals surface area contributed by atoms with Crippen LogP contribution in [0.1, 0.15) is 13.9 Å². The number of rotatable bonds is 2. The number of hydrogen-bond acceptors (Lipinski definition) is 2. The maximum absolute atomic E-state index is 11.2. The third-order valence-electron chi connectivity index (χ3n) is 2.61. The summed E-state index contributed by atoms with van der Waals surface area (Å²) in [6.07, 6.45) is 0.732. The van der Waals surface area contributed by atoms with Gasteiger partial charge < -0.3 is 1.43 Å². The summed E-state index contributed by atoms with van der Waals surface area (Å²) in [6, 6.07) is 10.6. The first-order chi connectivity index (χ1) is 7.54. The maximum Gasteiger partial charge on any atom is 1.00 e. The predicted molar refractivity (Wildman–Crippen MR) is 63.4 cm³/mol. The molecule has 1 N–H and O–H groups in total. The van der Waals surface area contributed by atoms with Crippen LogP contribution < -0.4 is 29.6 Å². The molecule has 0 heterocycles. The van der Waals surface area contributed by atoms with Crippen LogP contribution in [0, 0.1) is 0 Å². The third-order valence-corrected chi connectivity index (χ3v) is 3.51. The van der Waals surface area contributed by atoms with Gasteiger partial charge >= 0.3 is 29.6 Å². The molecule has 0 amide bonds. The molecular formula is C12H13NaO3S. The van der Waals surface area contributed by atoms with Crippen molar-refractivity contribution < 1.29 is 44.0 Å². The topological polar surface area (TPSA) is 54.4 Å². The number of fused-ring (bicyclic) bond motifs is 1. The van der Waals surface area contributed by atoms with Crippen molar-refractivity contribution in [2.24, 2.45) is 0 Å². The summed E-state index contributed by atoms with van der Waals surface area (Å²) >= 11 is 0. The van der Waals surface area contributed by atoms with Crippen molar-refractivity contribution in [3.05, 3.63) is 42.0 Å². The first-order valence-corrected chi connectivity index (χ1v) is 6.46. The molecule has 0 saturated carbocycles. The number of aryl methyl sites for hydroxylation is 1. The van der Waals surface area contributed by atoms with E-state index in [-0.39, 0.29) is 35.9 Å². The molecule has 0 aromatic heterocycles. The minimum atomic E-state index is -4.15. The Bertz CT molecular complexity index is 598. The van der Waals surface area contributed by atoms with Crippen LogP contribution in [0.4, 0.5) is 0 Å². The van der Waals surface area contributed by atoms with Crippen molar-refractivity contribution in [3.8, 4) is 11.1 Å². The van der Waals surface area contributed by atoms with E-state index in [1.54, 1.807) is 18.2 Å². The van der Waals surface area contributed by atoms with Gasteiger partial charge in [0.25, 0.3) is 10.1 Å². The Balaban J connectivity index is 0.00000144. The molecule has 17 heavy (non-hydrogen) atoms. The summed E-state index contributed by atoms with van der Waals surface area (Å²) in [5.41, 5.74) is 2.38. The molecule has 0 saturated heterocycles. The van der Waals surface area contributed by atoms with Crippen LogP contribution in [0.25, 0.3) is 11.1 Å². The fourth-order valence-corrected chi connectivity index (χ4v) is 2.61. The average Bonchev–Trinajstić information content (AvgIpc) is 2.41. The summed E-state index contributed by atoms with van der Waals surface area (Å²) in [5.74, 6) is 0. The van der Waals surface area contributed by atoms with Gasteiger partial charge in [0.05, 0.1) is 0 Å². The zero-order valence-corrected chi connectivity index (χ0v) is 12.7. The molecule has 0 atom stereocenters. The molecular weight excluding hydrogens is 247 g/mol. The van der Waals surface area contributed by atoms with Crippen molar-refractivity contribution in [2.75, 3.05) is 0 Å². The smallest absolute Gasteiger partial charge is 1.00 e. The molecule has 5 heteroatoms. The van der Waals surface area contributed by atoms with Gasteiger partial charge in [0.2, 0.25) is 0 Å². The molecule has 0 bridgehead atoms. The Morgan fingerprint density at radius 2 is 1.76 bits per heavy atom. The van der Waals surface area contributed by atoms with Gasteiger partial charge in [-0.3, -0.25) is 4.55 Å². The van der Waals surface area contributed by atoms with Crippen LogP contribution >= 0.6 is 0 Å². The SMILES string of the molecule is CCc1cc(S(=O)(=O)O)c2cccccc1-2.[H-].[Na+]. The predicted octanol–water partition coefficient (Wildman–Crippen LogP) is -0.283. The van der Waals surface area contributed by atoms with E-state index >= 15 is 0 Å². The van der Waals surface area contributed by atoms with Gasteiger partial charge in [-0.05, 0) is 23.6 Å². The summed E-state index contributed by atoms with van der Waals surface area (Å²) in [5, 5.41) is 0. The van der Waals surface area contributed by atoms with E-state index < -0.39 is 10.1 Å². The minimum absolute atomic E-state index is 0. The Labute approximate surface area is 125 Å². The fraction of sp³-hybridized carbons (Fsp3) is 0.167. The van der Waals surface area contributed by atoms with Crippen LogP contribution in [0.2, 0.25) is 0 Å². The molecule has 0 fully saturated rings. The maximum atomic E-state index is 11.2. The molecule has 0 spiro atoms. The van der Waals surface area contributed by atoms with Crippen LogP contribution in [0.5, 0.6) is 0 Å². The first kappa shape index (κ1) is 14.7. The van der Waals surface area contributed by atoms with E-state index in [2.05, 4.69) is 0 Å². The van der Waals surface area contributed by atoms with E-state index in [1.807, 2.05) is 25.1 Å². The third kappa shape index (κ3) is 2.89. The Morgan fingerprint density at radius 3 is 2.29 bits per heavy atom. The van der Waals surface area contributed by atoms with E-state index in [0.717, 1.165) is 17.5 Å². The Hall–Kier alpha value is -0.390. The standard InChI is InChI=1S/C12H12O3S.Na.H/c1-2-9-8-12(16(13,14)15)11-7-5-3-4-6-10(9)11;;/h3-8H,2H2,1H3,(H,13,14,15);;/q;+1;-1. The van der Waals surface area contributed by atoms with E-state index in [9.17, 15) is 8.42 Å². The summed E-state index contributed by atoms with van der Waals surface area (Å²) in [6.45, 7) is 1.95. The van der Waals surface area contributed by atoms with E-state index in [4.69, 9.17) is 4.55 Å². The van der Waals surface area contributed by atoms with E-state index in [0.29, 0.717) is 5.56 Å². The minimum Gasteiger partial charge on any atom is -1.00 e. The molecule has 0 aromatic rings. The molecule has 0 unspecified atom stereocenters. The van der Waals surface area contributed by atoms with Gasteiger partial charge in [-0.25, -0.2) is 0 Å². The van der Waals surface area contributed by atoms with Gasteiger partial charge in [-0.2, -0.15) is 8.42 Å². The normalized spacial score (nSPS) is 11.2. The van der Waals surface area contributed by atoms with E-state index in [1.165, 1.54) is 0 Å². The molecule has 86 valence electrons. The molecule has 0 aliphatic heterocycles. The molecule has 0 radical (unpaired) electrons. The average molecular weight is 260 g/mol. The van der Waals surface area contributed by atoms with Gasteiger partial charge in [-0.1, -0.05) is 37.3 Å². The zero-order chi connectivity index (χ0) is 11.8. The van der Waals surface area contributed by atoms with Crippen molar-refractivity contribution >= 4 is 10.1 Å². The van der Waals surface area contributed by atoms with Gasteiger partial charge in [0.15, 0.2) is 0 Å². The van der Waals surface area contributed by atoms with Crippen molar-refractivity contribution in [1.29, 1.82) is 0 Å². The largest absolute Gasteiger partial charge is 1.00 e. The van der Waals surface area contributed by atoms with Crippen LogP contribution in [-0.2, 0) is 16.5 Å². The molecule has 3 nitrogen and oxygen atoms in total. The second-order valence-corrected chi connectivity index (χ2v) is 4.99. The number of hydrogen-bond donors (Lipinski definition) is 1. The van der Waals surface area contributed by atoms with Crippen LogP contribution in [-0.4, -0.2) is 13.0 Å². The van der Waals surface area contributed by atoms with Gasteiger partial charge in [0.1, 0.15) is 4.90 Å². The Morgan fingerprint density at radius 1 is 1.18 bits per heavy atom. The fourth-order valence-electron chi connectivity index (χ4n) is 1.86. The molecule has 0 aromatic carbocycles. The second kappa shape index (κ2) is 5.50. The summed E-state index contributed by atoms with van der Waals surface area (Å²) < 4.78 is 31.6. The van der Waals surface area contributed by atoms with Gasteiger partial charge in [-0.15, -0.1) is 0 Å². The second-order valence-electron chi connectivity index (χ2n) is 3.60. The molecule has 2 rings (SSSR count). The van der Waals surface area contributed by atoms with Crippen molar-refractivity contribution in [2.45, 2.75) is 18.2 Å². The van der Waals surface area contributed by atoms with Crippen molar-refractivity contribution in [3.63, 3.8) is 0 Å². The van der Waals surface area contributed by atoms with Crippen LogP contribution in [0.15, 0.2) is 41.3 Å². The molecule has 2 aliphatic carbocycles. The van der Waals surface area contributed by atoms with Crippen molar-refractivity contribution in [1.82, 2.24) is 0 Å². The van der Waals surface area contributed by atoms with Gasteiger partial charge in [0, 0.05) is 5.56 Å².